The summed E-state index contributed by atoms with van der Waals surface area (Å²) in [6.07, 6.45) is 0. The zero-order valence-corrected chi connectivity index (χ0v) is 9.67. The van der Waals surface area contributed by atoms with E-state index in [4.69, 9.17) is 4.52 Å². The van der Waals surface area contributed by atoms with Gasteiger partial charge < -0.3 is 4.52 Å². The highest BCUT2D eigenvalue weighted by Crippen LogP contribution is 2.21. The standard InChI is InChI=1S/C6H12IN2OP/c1-6(2)9(8-3)4-5-10-11-7/h11H,1,3-5H2,2H3. The van der Waals surface area contributed by atoms with Gasteiger partial charge in [-0.15, -0.1) is 0 Å². The quantitative estimate of drug-likeness (QED) is 0.246. The Balaban J connectivity index is 3.52. The van der Waals surface area contributed by atoms with Crippen LogP contribution in [0.15, 0.2) is 17.4 Å². The van der Waals surface area contributed by atoms with Crippen LogP contribution >= 0.6 is 28.5 Å². The first-order valence-electron chi connectivity index (χ1n) is 3.09. The van der Waals surface area contributed by atoms with Crippen molar-refractivity contribution in [2.45, 2.75) is 6.92 Å². The maximum absolute atomic E-state index is 5.16. The van der Waals surface area contributed by atoms with Gasteiger partial charge in [-0.3, -0.25) is 5.01 Å². The van der Waals surface area contributed by atoms with Gasteiger partial charge in [0, 0.05) is 12.4 Å². The lowest BCUT2D eigenvalue weighted by Crippen LogP contribution is -2.18. The molecule has 0 aromatic heterocycles. The predicted molar refractivity (Wildman–Crippen MR) is 59.4 cm³/mol. The summed E-state index contributed by atoms with van der Waals surface area (Å²) in [6.45, 7) is 11.0. The summed E-state index contributed by atoms with van der Waals surface area (Å²) in [6, 6.07) is 0. The molecule has 0 radical (unpaired) electrons. The second-order valence-corrected chi connectivity index (χ2v) is 3.69. The van der Waals surface area contributed by atoms with Crippen LogP contribution in [0, 0.1) is 0 Å². The number of rotatable bonds is 6. The van der Waals surface area contributed by atoms with Crippen LogP contribution in [0.3, 0.4) is 0 Å². The van der Waals surface area contributed by atoms with Crippen LogP contribution in [0.25, 0.3) is 0 Å². The molecule has 0 aliphatic rings. The van der Waals surface area contributed by atoms with E-state index in [1.807, 2.05) is 6.92 Å². The van der Waals surface area contributed by atoms with Gasteiger partial charge in [0.1, 0.15) is 0 Å². The van der Waals surface area contributed by atoms with Crippen LogP contribution in [0.4, 0.5) is 0 Å². The molecule has 0 rings (SSSR count). The molecule has 0 aromatic rings. The zero-order valence-electron chi connectivity index (χ0n) is 6.51. The van der Waals surface area contributed by atoms with Gasteiger partial charge in [-0.05, 0) is 29.0 Å². The molecule has 64 valence electrons. The van der Waals surface area contributed by atoms with Gasteiger partial charge in [-0.25, -0.2) is 0 Å². The number of halogens is 1. The molecule has 0 amide bonds. The van der Waals surface area contributed by atoms with Gasteiger partial charge in [-0.1, -0.05) is 6.58 Å². The van der Waals surface area contributed by atoms with Crippen molar-refractivity contribution in [1.29, 1.82) is 0 Å². The minimum atomic E-state index is 0.504. The van der Waals surface area contributed by atoms with Gasteiger partial charge >= 0.3 is 0 Å². The Bertz CT molecular complexity index is 143. The highest BCUT2D eigenvalue weighted by Gasteiger charge is 1.98. The average Bonchev–Trinajstić information content (AvgIpc) is 1.97. The highest BCUT2D eigenvalue weighted by molar-refractivity contribution is 14.2. The minimum absolute atomic E-state index is 0.504. The molecule has 0 aromatic carbocycles. The fourth-order valence-electron chi connectivity index (χ4n) is 0.553. The summed E-state index contributed by atoms with van der Waals surface area (Å²) in [7, 11) is 0. The number of hydrogen-bond acceptors (Lipinski definition) is 3. The van der Waals surface area contributed by atoms with Crippen molar-refractivity contribution in [2.24, 2.45) is 5.10 Å². The van der Waals surface area contributed by atoms with E-state index in [0.717, 1.165) is 12.2 Å². The van der Waals surface area contributed by atoms with Crippen LogP contribution < -0.4 is 0 Å². The summed E-state index contributed by atoms with van der Waals surface area (Å²) < 4.78 is 5.16. The van der Waals surface area contributed by atoms with Crippen LogP contribution in [-0.2, 0) is 4.52 Å². The molecule has 3 nitrogen and oxygen atoms in total. The smallest absolute Gasteiger partial charge is 0.0794 e. The Morgan fingerprint density at radius 1 is 1.82 bits per heavy atom. The van der Waals surface area contributed by atoms with E-state index in [0.29, 0.717) is 13.1 Å². The second kappa shape index (κ2) is 7.00. The zero-order chi connectivity index (χ0) is 8.69. The van der Waals surface area contributed by atoms with Crippen LogP contribution in [0.2, 0.25) is 0 Å². The summed E-state index contributed by atoms with van der Waals surface area (Å²) in [5, 5.41) is 5.48. The summed E-state index contributed by atoms with van der Waals surface area (Å²) in [5.41, 5.74) is 0.889. The molecular formula is C6H12IN2OP. The largest absolute Gasteiger partial charge is 0.350 e. The lowest BCUT2D eigenvalue weighted by molar-refractivity contribution is 0.275. The van der Waals surface area contributed by atoms with Crippen molar-refractivity contribution < 1.29 is 4.52 Å². The van der Waals surface area contributed by atoms with E-state index >= 15 is 0 Å². The third-order valence-electron chi connectivity index (χ3n) is 1.07. The molecule has 0 fully saturated rings. The number of allylic oxidation sites excluding steroid dienone is 1. The molecule has 0 heterocycles. The van der Waals surface area contributed by atoms with E-state index in [-0.39, 0.29) is 0 Å². The highest BCUT2D eigenvalue weighted by atomic mass is 127. The molecule has 0 bridgehead atoms. The third kappa shape index (κ3) is 5.58. The van der Waals surface area contributed by atoms with E-state index in [2.05, 4.69) is 40.4 Å². The van der Waals surface area contributed by atoms with Crippen molar-refractivity contribution in [2.75, 3.05) is 13.2 Å². The van der Waals surface area contributed by atoms with Gasteiger partial charge in [0.05, 0.1) is 19.6 Å². The minimum Gasteiger partial charge on any atom is -0.350 e. The Hall–Kier alpha value is 0.330. The van der Waals surface area contributed by atoms with Gasteiger partial charge in [0.15, 0.2) is 0 Å². The molecule has 0 aliphatic heterocycles. The summed E-state index contributed by atoms with van der Waals surface area (Å²) >= 11 is 2.18. The van der Waals surface area contributed by atoms with Crippen molar-refractivity contribution in [3.8, 4) is 0 Å². The third-order valence-corrected chi connectivity index (χ3v) is 2.32. The Kier molecular flexibility index (Phi) is 7.22. The lowest BCUT2D eigenvalue weighted by Gasteiger charge is -2.16. The van der Waals surface area contributed by atoms with Crippen LogP contribution in [0.1, 0.15) is 6.92 Å². The topological polar surface area (TPSA) is 24.8 Å². The van der Waals surface area contributed by atoms with Gasteiger partial charge in [0.2, 0.25) is 0 Å². The average molecular weight is 286 g/mol. The van der Waals surface area contributed by atoms with Crippen LogP contribution in [0.5, 0.6) is 0 Å². The number of nitrogens with zero attached hydrogens (tertiary/aromatic N) is 2. The second-order valence-electron chi connectivity index (χ2n) is 1.93. The van der Waals surface area contributed by atoms with Gasteiger partial charge in [-0.2, -0.15) is 5.10 Å². The molecule has 0 spiro atoms. The molecule has 1 unspecified atom stereocenters. The summed E-state index contributed by atoms with van der Waals surface area (Å²) in [5.74, 6) is 0. The Morgan fingerprint density at radius 2 is 2.45 bits per heavy atom. The van der Waals surface area contributed by atoms with Crippen molar-refractivity contribution in [1.82, 2.24) is 5.01 Å². The molecule has 1 atom stereocenters. The molecule has 0 saturated carbocycles. The van der Waals surface area contributed by atoms with Crippen molar-refractivity contribution >= 4 is 35.2 Å². The Labute approximate surface area is 82.2 Å². The molecule has 5 heteroatoms. The molecule has 11 heavy (non-hydrogen) atoms. The predicted octanol–water partition coefficient (Wildman–Crippen LogP) is 2.40. The molecular weight excluding hydrogens is 274 g/mol. The first-order chi connectivity index (χ1) is 5.22. The Morgan fingerprint density at radius 3 is 2.82 bits per heavy atom. The fourth-order valence-corrected chi connectivity index (χ4v) is 1.38. The monoisotopic (exact) mass is 286 g/mol. The molecule has 0 N–H and O–H groups in total. The summed E-state index contributed by atoms with van der Waals surface area (Å²) in [4.78, 5) is 0. The van der Waals surface area contributed by atoms with E-state index < -0.39 is 0 Å². The number of hydrogen-bond donors (Lipinski definition) is 0. The SMILES string of the molecule is C=NN(CCOPI)C(=C)C. The van der Waals surface area contributed by atoms with Crippen LogP contribution in [-0.4, -0.2) is 24.9 Å². The maximum Gasteiger partial charge on any atom is 0.0794 e. The fraction of sp³-hybridized carbons (Fsp3) is 0.500. The first kappa shape index (κ1) is 11.3. The maximum atomic E-state index is 5.16. The first-order valence-corrected chi connectivity index (χ1v) is 7.11. The molecule has 0 saturated heterocycles. The van der Waals surface area contributed by atoms with E-state index in [9.17, 15) is 0 Å². The molecule has 0 aliphatic carbocycles. The lowest BCUT2D eigenvalue weighted by atomic mass is 10.5. The van der Waals surface area contributed by atoms with E-state index in [1.54, 1.807) is 5.01 Å². The normalized spacial score (nSPS) is 10.4. The van der Waals surface area contributed by atoms with Crippen molar-refractivity contribution in [3.63, 3.8) is 0 Å². The van der Waals surface area contributed by atoms with Crippen molar-refractivity contribution in [3.05, 3.63) is 12.3 Å². The van der Waals surface area contributed by atoms with Gasteiger partial charge in [0.25, 0.3) is 0 Å². The number of hydrazone groups is 1. The van der Waals surface area contributed by atoms with E-state index in [1.165, 1.54) is 0 Å².